The first kappa shape index (κ1) is 9.85. The second kappa shape index (κ2) is 3.66. The summed E-state index contributed by atoms with van der Waals surface area (Å²) in [5.41, 5.74) is 11.7. The first-order chi connectivity index (χ1) is 6.06. The maximum Gasteiger partial charge on any atom is 0.175 e. The second-order valence-electron chi connectivity index (χ2n) is 2.55. The Morgan fingerprint density at radius 3 is 2.62 bits per heavy atom. The SMILES string of the molecule is Nc1cc(O)cc(C(=O)CBr)c1N. The van der Waals surface area contributed by atoms with Crippen LogP contribution in [0, 0.1) is 0 Å². The van der Waals surface area contributed by atoms with Crippen LogP contribution in [0.2, 0.25) is 0 Å². The van der Waals surface area contributed by atoms with Gasteiger partial charge in [0.2, 0.25) is 0 Å². The van der Waals surface area contributed by atoms with Crippen LogP contribution in [-0.4, -0.2) is 16.2 Å². The van der Waals surface area contributed by atoms with Crippen LogP contribution in [0.25, 0.3) is 0 Å². The summed E-state index contributed by atoms with van der Waals surface area (Å²) < 4.78 is 0. The summed E-state index contributed by atoms with van der Waals surface area (Å²) in [4.78, 5) is 11.2. The van der Waals surface area contributed by atoms with E-state index in [4.69, 9.17) is 16.6 Å². The zero-order valence-corrected chi connectivity index (χ0v) is 8.34. The molecule has 0 fully saturated rings. The van der Waals surface area contributed by atoms with E-state index in [0.717, 1.165) is 0 Å². The average Bonchev–Trinajstić information content (AvgIpc) is 2.10. The van der Waals surface area contributed by atoms with Crippen molar-refractivity contribution in [3.05, 3.63) is 17.7 Å². The number of alkyl halides is 1. The molecule has 0 aliphatic heterocycles. The molecule has 13 heavy (non-hydrogen) atoms. The van der Waals surface area contributed by atoms with Crippen LogP contribution in [-0.2, 0) is 0 Å². The van der Waals surface area contributed by atoms with E-state index in [2.05, 4.69) is 15.9 Å². The Kier molecular flexibility index (Phi) is 2.77. The Hall–Kier alpha value is -1.23. The highest BCUT2D eigenvalue weighted by atomic mass is 79.9. The molecule has 0 spiro atoms. The van der Waals surface area contributed by atoms with E-state index in [9.17, 15) is 4.79 Å². The van der Waals surface area contributed by atoms with Gasteiger partial charge < -0.3 is 16.6 Å². The average molecular weight is 245 g/mol. The van der Waals surface area contributed by atoms with E-state index in [-0.39, 0.29) is 33.8 Å². The van der Waals surface area contributed by atoms with Crippen LogP contribution in [0.5, 0.6) is 5.75 Å². The molecule has 0 heterocycles. The zero-order chi connectivity index (χ0) is 10.0. The van der Waals surface area contributed by atoms with E-state index < -0.39 is 0 Å². The molecule has 5 heteroatoms. The lowest BCUT2D eigenvalue weighted by molar-refractivity contribution is 0.102. The van der Waals surface area contributed by atoms with Crippen LogP contribution in [0.4, 0.5) is 11.4 Å². The van der Waals surface area contributed by atoms with Crippen LogP contribution in [0.1, 0.15) is 10.4 Å². The van der Waals surface area contributed by atoms with Gasteiger partial charge in [0.05, 0.1) is 16.7 Å². The van der Waals surface area contributed by atoms with Crippen molar-refractivity contribution < 1.29 is 9.90 Å². The fraction of sp³-hybridized carbons (Fsp3) is 0.125. The fourth-order valence-electron chi connectivity index (χ4n) is 0.963. The first-order valence-electron chi connectivity index (χ1n) is 3.53. The number of anilines is 2. The molecule has 0 aliphatic carbocycles. The molecule has 0 bridgehead atoms. The Morgan fingerprint density at radius 2 is 2.08 bits per heavy atom. The molecule has 0 amide bonds. The van der Waals surface area contributed by atoms with Gasteiger partial charge in [-0.2, -0.15) is 0 Å². The molecule has 0 saturated heterocycles. The smallest absolute Gasteiger partial charge is 0.175 e. The number of aromatic hydroxyl groups is 1. The maximum absolute atomic E-state index is 11.2. The van der Waals surface area contributed by atoms with E-state index in [0.29, 0.717) is 0 Å². The van der Waals surface area contributed by atoms with Crippen molar-refractivity contribution in [2.45, 2.75) is 0 Å². The molecule has 1 rings (SSSR count). The Balaban J connectivity index is 3.28. The monoisotopic (exact) mass is 244 g/mol. The molecule has 1 aromatic rings. The quantitative estimate of drug-likeness (QED) is 0.315. The molecule has 70 valence electrons. The van der Waals surface area contributed by atoms with Crippen LogP contribution in [0.3, 0.4) is 0 Å². The number of phenols is 1. The van der Waals surface area contributed by atoms with Crippen LogP contribution >= 0.6 is 15.9 Å². The van der Waals surface area contributed by atoms with Gasteiger partial charge in [-0.05, 0) is 6.07 Å². The minimum absolute atomic E-state index is 0.0593. The summed E-state index contributed by atoms with van der Waals surface area (Å²) in [5, 5.41) is 9.31. The largest absolute Gasteiger partial charge is 0.508 e. The lowest BCUT2D eigenvalue weighted by Gasteiger charge is -2.06. The van der Waals surface area contributed by atoms with Crippen molar-refractivity contribution in [2.75, 3.05) is 16.8 Å². The van der Waals surface area contributed by atoms with Crippen molar-refractivity contribution in [2.24, 2.45) is 0 Å². The lowest BCUT2D eigenvalue weighted by atomic mass is 10.1. The van der Waals surface area contributed by atoms with Gasteiger partial charge in [-0.3, -0.25) is 4.79 Å². The van der Waals surface area contributed by atoms with Gasteiger partial charge in [-0.15, -0.1) is 0 Å². The highest BCUT2D eigenvalue weighted by Crippen LogP contribution is 2.26. The number of Topliss-reactive ketones (excluding diaryl/α,β-unsaturated/α-hetero) is 1. The maximum atomic E-state index is 11.2. The number of nitrogens with two attached hydrogens (primary N) is 2. The van der Waals surface area contributed by atoms with E-state index in [1.807, 2.05) is 0 Å². The number of rotatable bonds is 2. The van der Waals surface area contributed by atoms with E-state index in [1.54, 1.807) is 0 Å². The minimum Gasteiger partial charge on any atom is -0.508 e. The summed E-state index contributed by atoms with van der Waals surface area (Å²) in [6.45, 7) is 0. The van der Waals surface area contributed by atoms with Gasteiger partial charge >= 0.3 is 0 Å². The van der Waals surface area contributed by atoms with Crippen molar-refractivity contribution in [3.8, 4) is 5.75 Å². The van der Waals surface area contributed by atoms with Crippen molar-refractivity contribution in [1.82, 2.24) is 0 Å². The van der Waals surface area contributed by atoms with Crippen molar-refractivity contribution >= 4 is 33.1 Å². The molecule has 0 atom stereocenters. The highest BCUT2D eigenvalue weighted by molar-refractivity contribution is 9.09. The van der Waals surface area contributed by atoms with Crippen LogP contribution < -0.4 is 11.5 Å². The molecule has 0 radical (unpaired) electrons. The van der Waals surface area contributed by atoms with E-state index in [1.165, 1.54) is 12.1 Å². The predicted molar refractivity (Wildman–Crippen MR) is 55.1 cm³/mol. The molecule has 0 saturated carbocycles. The zero-order valence-electron chi connectivity index (χ0n) is 6.75. The fourth-order valence-corrected chi connectivity index (χ4v) is 1.26. The van der Waals surface area contributed by atoms with Gasteiger partial charge in [0.15, 0.2) is 5.78 Å². The number of carbonyl (C=O) groups excluding carboxylic acids is 1. The molecule has 4 nitrogen and oxygen atoms in total. The van der Waals surface area contributed by atoms with Crippen molar-refractivity contribution in [1.29, 1.82) is 0 Å². The number of benzene rings is 1. The third kappa shape index (κ3) is 1.92. The van der Waals surface area contributed by atoms with Gasteiger partial charge in [0, 0.05) is 11.6 Å². The van der Waals surface area contributed by atoms with Gasteiger partial charge in [0.1, 0.15) is 5.75 Å². The normalized spacial score (nSPS) is 9.92. The summed E-state index contributed by atoms with van der Waals surface area (Å²) in [6.07, 6.45) is 0. The number of carbonyl (C=O) groups is 1. The molecule has 0 aliphatic rings. The topological polar surface area (TPSA) is 89.3 Å². The number of halogens is 1. The first-order valence-corrected chi connectivity index (χ1v) is 4.65. The highest BCUT2D eigenvalue weighted by Gasteiger charge is 2.11. The lowest BCUT2D eigenvalue weighted by Crippen LogP contribution is -2.07. The molecular weight excluding hydrogens is 236 g/mol. The molecule has 1 aromatic carbocycles. The van der Waals surface area contributed by atoms with Gasteiger partial charge in [-0.25, -0.2) is 0 Å². The predicted octanol–water partition coefficient (Wildman–Crippen LogP) is 1.13. The Bertz CT molecular complexity index is 352. The summed E-state index contributed by atoms with van der Waals surface area (Å²) >= 11 is 3.01. The minimum atomic E-state index is -0.208. The second-order valence-corrected chi connectivity index (χ2v) is 3.11. The third-order valence-corrected chi connectivity index (χ3v) is 2.13. The Morgan fingerprint density at radius 1 is 1.46 bits per heavy atom. The molecule has 5 N–H and O–H groups in total. The number of hydrogen-bond acceptors (Lipinski definition) is 4. The van der Waals surface area contributed by atoms with Gasteiger partial charge in [-0.1, -0.05) is 15.9 Å². The molecule has 0 unspecified atom stereocenters. The van der Waals surface area contributed by atoms with Gasteiger partial charge in [0.25, 0.3) is 0 Å². The molecule has 0 aromatic heterocycles. The number of nitrogen functional groups attached to an aromatic ring is 2. The number of phenolic OH excluding ortho intramolecular Hbond substituents is 1. The van der Waals surface area contributed by atoms with Crippen molar-refractivity contribution in [3.63, 3.8) is 0 Å². The summed E-state index contributed by atoms with van der Waals surface area (Å²) in [6, 6.07) is 2.61. The number of hydrogen-bond donors (Lipinski definition) is 3. The standard InChI is InChI=1S/C8H9BrN2O2/c9-3-7(13)5-1-4(12)2-6(10)8(5)11/h1-2,12H,3,10-11H2. The summed E-state index contributed by atoms with van der Waals surface area (Å²) in [5.74, 6) is -0.267. The summed E-state index contributed by atoms with van der Waals surface area (Å²) in [7, 11) is 0. The van der Waals surface area contributed by atoms with Crippen LogP contribution in [0.15, 0.2) is 12.1 Å². The third-order valence-electron chi connectivity index (χ3n) is 1.62. The number of ketones is 1. The molecular formula is C8H9BrN2O2. The Labute approximate surface area is 83.7 Å². The van der Waals surface area contributed by atoms with E-state index >= 15 is 0 Å².